The van der Waals surface area contributed by atoms with Crippen LogP contribution in [0.4, 0.5) is 5.13 Å². The maximum absolute atomic E-state index is 11.6. The Labute approximate surface area is 212 Å². The number of aromatic nitrogens is 3. The molecule has 36 heavy (non-hydrogen) atoms. The second kappa shape index (κ2) is 9.86. The van der Waals surface area contributed by atoms with Gasteiger partial charge in [0.2, 0.25) is 15.2 Å². The fraction of sp³-hybridized carbons (Fsp3) is 0.0385. The van der Waals surface area contributed by atoms with Crippen molar-refractivity contribution >= 4 is 32.7 Å². The lowest BCUT2D eigenvalue weighted by Crippen LogP contribution is -2.12. The summed E-state index contributed by atoms with van der Waals surface area (Å²) in [6.45, 7) is 2.05. The zero-order valence-corrected chi connectivity index (χ0v) is 20.9. The van der Waals surface area contributed by atoms with Crippen LogP contribution in [0.3, 0.4) is 0 Å². The number of primary sulfonamides is 1. The summed E-state index contributed by atoms with van der Waals surface area (Å²) in [6.07, 6.45) is 3.52. The first-order valence-corrected chi connectivity index (χ1v) is 13.4. The summed E-state index contributed by atoms with van der Waals surface area (Å²) in [7, 11) is -3.77. The van der Waals surface area contributed by atoms with Crippen molar-refractivity contribution in [3.05, 3.63) is 102 Å². The van der Waals surface area contributed by atoms with E-state index in [9.17, 15) is 8.42 Å². The van der Waals surface area contributed by atoms with Gasteiger partial charge < -0.3 is 0 Å². The Bertz CT molecular complexity index is 1620. The van der Waals surface area contributed by atoms with E-state index in [2.05, 4.69) is 34.6 Å². The van der Waals surface area contributed by atoms with Crippen LogP contribution in [0.2, 0.25) is 0 Å². The Morgan fingerprint density at radius 1 is 0.972 bits per heavy atom. The van der Waals surface area contributed by atoms with Crippen LogP contribution in [0.15, 0.2) is 100 Å². The molecule has 0 bridgehead atoms. The number of sulfonamides is 1. The quantitative estimate of drug-likeness (QED) is 0.233. The molecular formula is C26H22N6O2S2. The van der Waals surface area contributed by atoms with Crippen molar-refractivity contribution in [3.8, 4) is 28.2 Å². The number of hydrogen-bond acceptors (Lipinski definition) is 7. The standard InChI is InChI=1S/C26H22N6O2S2/c1-18-7-9-19(10-8-18)24-17-35-26(29-24)30-28-15-21-16-32(31-25(21)20-5-3-2-4-6-20)22-11-13-23(14-12-22)36(27,33)34/h2-17H,1H3,(H,29,30)(H2,27,33,34)/b28-15+. The van der Waals surface area contributed by atoms with Gasteiger partial charge in [0.15, 0.2) is 0 Å². The highest BCUT2D eigenvalue weighted by Crippen LogP contribution is 2.26. The monoisotopic (exact) mass is 514 g/mol. The van der Waals surface area contributed by atoms with E-state index in [0.717, 1.165) is 28.1 Å². The highest BCUT2D eigenvalue weighted by molar-refractivity contribution is 7.89. The van der Waals surface area contributed by atoms with Crippen molar-refractivity contribution in [1.82, 2.24) is 14.8 Å². The second-order valence-electron chi connectivity index (χ2n) is 8.06. The molecule has 0 aliphatic heterocycles. The van der Waals surface area contributed by atoms with Crippen LogP contribution in [0.25, 0.3) is 28.2 Å². The molecule has 0 fully saturated rings. The lowest BCUT2D eigenvalue weighted by atomic mass is 10.1. The van der Waals surface area contributed by atoms with Crippen molar-refractivity contribution in [2.24, 2.45) is 10.2 Å². The molecule has 8 nitrogen and oxygen atoms in total. The topological polar surface area (TPSA) is 115 Å². The largest absolute Gasteiger partial charge is 0.253 e. The molecule has 3 N–H and O–H groups in total. The average Bonchev–Trinajstić information content (AvgIpc) is 3.52. The van der Waals surface area contributed by atoms with E-state index >= 15 is 0 Å². The highest BCUT2D eigenvalue weighted by atomic mass is 32.2. The lowest BCUT2D eigenvalue weighted by molar-refractivity contribution is 0.598. The first-order valence-electron chi connectivity index (χ1n) is 11.0. The highest BCUT2D eigenvalue weighted by Gasteiger charge is 2.13. The summed E-state index contributed by atoms with van der Waals surface area (Å²) in [5, 5.41) is 17.0. The molecule has 2 heterocycles. The van der Waals surface area contributed by atoms with Gasteiger partial charge in [-0.1, -0.05) is 60.2 Å². The lowest BCUT2D eigenvalue weighted by Gasteiger charge is -2.03. The predicted octanol–water partition coefficient (Wildman–Crippen LogP) is 5.06. The SMILES string of the molecule is Cc1ccc(-c2csc(N/N=C/c3cn(-c4ccc(S(N)(=O)=O)cc4)nc3-c3ccccc3)n2)cc1. The Morgan fingerprint density at radius 3 is 2.39 bits per heavy atom. The van der Waals surface area contributed by atoms with E-state index in [1.807, 2.05) is 54.0 Å². The van der Waals surface area contributed by atoms with Gasteiger partial charge in [0.05, 0.1) is 22.5 Å². The number of thiazole rings is 1. The maximum Gasteiger partial charge on any atom is 0.238 e. The Balaban J connectivity index is 1.41. The molecule has 0 aliphatic carbocycles. The van der Waals surface area contributed by atoms with Gasteiger partial charge in [0, 0.05) is 28.3 Å². The third kappa shape index (κ3) is 5.25. The molecule has 0 saturated carbocycles. The Kier molecular flexibility index (Phi) is 6.47. The number of nitrogens with two attached hydrogens (primary N) is 1. The van der Waals surface area contributed by atoms with E-state index in [-0.39, 0.29) is 4.90 Å². The maximum atomic E-state index is 11.6. The summed E-state index contributed by atoms with van der Waals surface area (Å²) in [4.78, 5) is 4.66. The number of hydrogen-bond donors (Lipinski definition) is 2. The smallest absolute Gasteiger partial charge is 0.238 e. The zero-order chi connectivity index (χ0) is 25.1. The number of benzene rings is 3. The van der Waals surface area contributed by atoms with Gasteiger partial charge in [-0.3, -0.25) is 5.43 Å². The third-order valence-corrected chi connectivity index (χ3v) is 7.11. The number of anilines is 1. The zero-order valence-electron chi connectivity index (χ0n) is 19.2. The van der Waals surface area contributed by atoms with Gasteiger partial charge in [-0.25, -0.2) is 23.2 Å². The molecule has 3 aromatic carbocycles. The Morgan fingerprint density at radius 2 is 1.69 bits per heavy atom. The van der Waals surface area contributed by atoms with Crippen molar-refractivity contribution < 1.29 is 8.42 Å². The number of hydrazone groups is 1. The fourth-order valence-electron chi connectivity index (χ4n) is 3.56. The van der Waals surface area contributed by atoms with Crippen LogP contribution in [0.5, 0.6) is 0 Å². The van der Waals surface area contributed by atoms with Crippen molar-refractivity contribution in [2.45, 2.75) is 11.8 Å². The summed E-state index contributed by atoms with van der Waals surface area (Å²) in [5.74, 6) is 0. The summed E-state index contributed by atoms with van der Waals surface area (Å²) in [5.41, 5.74) is 9.27. The number of nitrogens with zero attached hydrogens (tertiary/aromatic N) is 4. The van der Waals surface area contributed by atoms with Crippen molar-refractivity contribution in [3.63, 3.8) is 0 Å². The van der Waals surface area contributed by atoms with Crippen LogP contribution < -0.4 is 10.6 Å². The van der Waals surface area contributed by atoms with Crippen LogP contribution in [0, 0.1) is 6.92 Å². The van der Waals surface area contributed by atoms with Crippen LogP contribution in [-0.2, 0) is 10.0 Å². The molecule has 180 valence electrons. The normalized spacial score (nSPS) is 11.7. The van der Waals surface area contributed by atoms with E-state index in [4.69, 9.17) is 10.2 Å². The molecule has 0 radical (unpaired) electrons. The average molecular weight is 515 g/mol. The Hall–Kier alpha value is -4.12. The molecule has 5 aromatic rings. The van der Waals surface area contributed by atoms with E-state index < -0.39 is 10.0 Å². The minimum atomic E-state index is -3.77. The second-order valence-corrected chi connectivity index (χ2v) is 10.5. The summed E-state index contributed by atoms with van der Waals surface area (Å²) in [6, 6.07) is 24.2. The van der Waals surface area contributed by atoms with Gasteiger partial charge in [-0.2, -0.15) is 10.2 Å². The van der Waals surface area contributed by atoms with Crippen LogP contribution in [0.1, 0.15) is 11.1 Å². The molecule has 0 aliphatic rings. The predicted molar refractivity (Wildman–Crippen MR) is 144 cm³/mol. The summed E-state index contributed by atoms with van der Waals surface area (Å²) >= 11 is 1.47. The van der Waals surface area contributed by atoms with E-state index in [1.54, 1.807) is 23.0 Å². The van der Waals surface area contributed by atoms with Gasteiger partial charge in [-0.05, 0) is 31.2 Å². The first kappa shape index (κ1) is 23.6. The minimum absolute atomic E-state index is 0.0427. The number of rotatable bonds is 7. The van der Waals surface area contributed by atoms with E-state index in [0.29, 0.717) is 10.8 Å². The molecule has 0 unspecified atom stereocenters. The third-order valence-electron chi connectivity index (χ3n) is 5.43. The fourth-order valence-corrected chi connectivity index (χ4v) is 4.75. The summed E-state index contributed by atoms with van der Waals surface area (Å²) < 4.78 is 24.8. The molecule has 10 heteroatoms. The molecule has 5 rings (SSSR count). The van der Waals surface area contributed by atoms with Gasteiger partial charge in [0.1, 0.15) is 5.69 Å². The molecular weight excluding hydrogens is 492 g/mol. The van der Waals surface area contributed by atoms with E-state index in [1.165, 1.54) is 29.0 Å². The van der Waals surface area contributed by atoms with Gasteiger partial charge >= 0.3 is 0 Å². The van der Waals surface area contributed by atoms with Crippen LogP contribution >= 0.6 is 11.3 Å². The first-order chi connectivity index (χ1) is 17.4. The van der Waals surface area contributed by atoms with Gasteiger partial charge in [0.25, 0.3) is 0 Å². The van der Waals surface area contributed by atoms with Gasteiger partial charge in [-0.15, -0.1) is 11.3 Å². The minimum Gasteiger partial charge on any atom is -0.253 e. The van der Waals surface area contributed by atoms with Crippen molar-refractivity contribution in [2.75, 3.05) is 5.43 Å². The van der Waals surface area contributed by atoms with Crippen LogP contribution in [-0.4, -0.2) is 29.4 Å². The van der Waals surface area contributed by atoms with Crippen molar-refractivity contribution in [1.29, 1.82) is 0 Å². The number of nitrogens with one attached hydrogen (secondary N) is 1. The molecule has 0 atom stereocenters. The molecule has 0 spiro atoms. The molecule has 0 amide bonds. The number of aryl methyl sites for hydroxylation is 1. The molecule has 0 saturated heterocycles. The molecule has 2 aromatic heterocycles.